The molecule has 1 fully saturated rings. The zero-order valence-electron chi connectivity index (χ0n) is 7.87. The van der Waals surface area contributed by atoms with E-state index in [-0.39, 0.29) is 0 Å². The quantitative estimate of drug-likeness (QED) is 0.557. The molecule has 0 heteroatoms. The standard InChI is InChI=1S/C12H18/c1-2-3-4-5-11-8-10-6-7-12(11)9-10/h4-7,10-12H,2-3,8-9H2,1H3/b5-4+. The van der Waals surface area contributed by atoms with Gasteiger partial charge in [-0.25, -0.2) is 0 Å². The van der Waals surface area contributed by atoms with E-state index in [0.29, 0.717) is 0 Å². The molecule has 3 atom stereocenters. The monoisotopic (exact) mass is 162 g/mol. The van der Waals surface area contributed by atoms with E-state index >= 15 is 0 Å². The van der Waals surface area contributed by atoms with Crippen LogP contribution in [0.15, 0.2) is 24.3 Å². The summed E-state index contributed by atoms with van der Waals surface area (Å²) in [5.41, 5.74) is 0. The van der Waals surface area contributed by atoms with Crippen LogP contribution in [0.2, 0.25) is 0 Å². The van der Waals surface area contributed by atoms with E-state index in [4.69, 9.17) is 0 Å². The molecule has 0 aliphatic heterocycles. The number of hydrogen-bond donors (Lipinski definition) is 0. The highest BCUT2D eigenvalue weighted by molar-refractivity contribution is 5.14. The highest BCUT2D eigenvalue weighted by Crippen LogP contribution is 2.43. The van der Waals surface area contributed by atoms with Gasteiger partial charge >= 0.3 is 0 Å². The largest absolute Gasteiger partial charge is 0.0882 e. The highest BCUT2D eigenvalue weighted by atomic mass is 14.4. The maximum atomic E-state index is 2.46. The SMILES string of the molecule is CCC/C=C/C1CC2C=CC1C2. The average Bonchev–Trinajstić information content (AvgIpc) is 2.65. The lowest BCUT2D eigenvalue weighted by molar-refractivity contribution is 0.548. The van der Waals surface area contributed by atoms with Crippen molar-refractivity contribution in [3.05, 3.63) is 24.3 Å². The van der Waals surface area contributed by atoms with Gasteiger partial charge in [0.1, 0.15) is 0 Å². The summed E-state index contributed by atoms with van der Waals surface area (Å²) >= 11 is 0. The van der Waals surface area contributed by atoms with E-state index in [9.17, 15) is 0 Å². The number of rotatable bonds is 3. The summed E-state index contributed by atoms with van der Waals surface area (Å²) in [6, 6.07) is 0. The molecule has 2 aliphatic rings. The molecule has 0 radical (unpaired) electrons. The van der Waals surface area contributed by atoms with Gasteiger partial charge in [0.25, 0.3) is 0 Å². The third-order valence-electron chi connectivity index (χ3n) is 3.17. The summed E-state index contributed by atoms with van der Waals surface area (Å²) in [7, 11) is 0. The topological polar surface area (TPSA) is 0 Å². The molecule has 0 aromatic carbocycles. The van der Waals surface area contributed by atoms with E-state index < -0.39 is 0 Å². The molecule has 12 heavy (non-hydrogen) atoms. The van der Waals surface area contributed by atoms with Gasteiger partial charge in [-0.15, -0.1) is 0 Å². The maximum Gasteiger partial charge on any atom is -0.0165 e. The Morgan fingerprint density at radius 1 is 1.33 bits per heavy atom. The van der Waals surface area contributed by atoms with Crippen molar-refractivity contribution in [2.75, 3.05) is 0 Å². The highest BCUT2D eigenvalue weighted by Gasteiger charge is 2.33. The van der Waals surface area contributed by atoms with Crippen molar-refractivity contribution < 1.29 is 0 Å². The fraction of sp³-hybridized carbons (Fsp3) is 0.667. The van der Waals surface area contributed by atoms with E-state index in [1.807, 2.05) is 0 Å². The molecule has 0 heterocycles. The van der Waals surface area contributed by atoms with Crippen LogP contribution in [0.5, 0.6) is 0 Å². The summed E-state index contributed by atoms with van der Waals surface area (Å²) in [6.45, 7) is 2.24. The lowest BCUT2D eigenvalue weighted by Crippen LogP contribution is -2.02. The van der Waals surface area contributed by atoms with Gasteiger partial charge in [-0.2, -0.15) is 0 Å². The van der Waals surface area contributed by atoms with Crippen molar-refractivity contribution in [3.8, 4) is 0 Å². The summed E-state index contributed by atoms with van der Waals surface area (Å²) in [6.07, 6.45) is 15.1. The van der Waals surface area contributed by atoms with E-state index in [1.54, 1.807) is 0 Å². The molecule has 2 rings (SSSR count). The Morgan fingerprint density at radius 2 is 2.25 bits per heavy atom. The molecular weight excluding hydrogens is 144 g/mol. The second kappa shape index (κ2) is 3.47. The molecule has 0 N–H and O–H groups in total. The van der Waals surface area contributed by atoms with E-state index in [1.165, 1.54) is 25.7 Å². The molecule has 0 aromatic rings. The molecule has 0 aromatic heterocycles. The molecule has 0 amide bonds. The molecule has 0 nitrogen and oxygen atoms in total. The van der Waals surface area contributed by atoms with Gasteiger partial charge in [0.05, 0.1) is 0 Å². The zero-order valence-corrected chi connectivity index (χ0v) is 7.87. The summed E-state index contributed by atoms with van der Waals surface area (Å²) in [4.78, 5) is 0. The molecule has 1 saturated carbocycles. The van der Waals surface area contributed by atoms with Crippen LogP contribution < -0.4 is 0 Å². The summed E-state index contributed by atoms with van der Waals surface area (Å²) < 4.78 is 0. The fourth-order valence-electron chi connectivity index (χ4n) is 2.48. The number of fused-ring (bicyclic) bond motifs is 2. The Morgan fingerprint density at radius 3 is 2.83 bits per heavy atom. The Kier molecular flexibility index (Phi) is 2.34. The normalized spacial score (nSPS) is 38.6. The van der Waals surface area contributed by atoms with Crippen molar-refractivity contribution in [3.63, 3.8) is 0 Å². The van der Waals surface area contributed by atoms with Gasteiger partial charge in [-0.1, -0.05) is 37.6 Å². The smallest absolute Gasteiger partial charge is 0.0165 e. The molecule has 2 bridgehead atoms. The van der Waals surface area contributed by atoms with Crippen LogP contribution in [0.1, 0.15) is 32.6 Å². The van der Waals surface area contributed by atoms with Crippen LogP contribution in [-0.4, -0.2) is 0 Å². The predicted molar refractivity (Wildman–Crippen MR) is 52.9 cm³/mol. The second-order valence-electron chi connectivity index (χ2n) is 4.16. The number of unbranched alkanes of at least 4 members (excludes halogenated alkanes) is 1. The first-order valence-corrected chi connectivity index (χ1v) is 5.25. The van der Waals surface area contributed by atoms with Gasteiger partial charge in [-0.05, 0) is 37.0 Å². The van der Waals surface area contributed by atoms with Crippen LogP contribution >= 0.6 is 0 Å². The predicted octanol–water partition coefficient (Wildman–Crippen LogP) is 3.55. The molecular formula is C12H18. The van der Waals surface area contributed by atoms with Crippen molar-refractivity contribution in [2.45, 2.75) is 32.6 Å². The number of allylic oxidation sites excluding steroid dienone is 4. The van der Waals surface area contributed by atoms with Gasteiger partial charge in [-0.3, -0.25) is 0 Å². The maximum absolute atomic E-state index is 2.46. The lowest BCUT2D eigenvalue weighted by Gasteiger charge is -2.12. The minimum absolute atomic E-state index is 0.881. The van der Waals surface area contributed by atoms with Crippen molar-refractivity contribution in [1.29, 1.82) is 0 Å². The van der Waals surface area contributed by atoms with Crippen molar-refractivity contribution >= 4 is 0 Å². The summed E-state index contributed by atoms with van der Waals surface area (Å²) in [5.74, 6) is 2.70. The molecule has 3 unspecified atom stereocenters. The second-order valence-corrected chi connectivity index (χ2v) is 4.16. The number of hydrogen-bond acceptors (Lipinski definition) is 0. The third kappa shape index (κ3) is 1.48. The zero-order chi connectivity index (χ0) is 8.39. The first-order valence-electron chi connectivity index (χ1n) is 5.25. The minimum atomic E-state index is 0.881. The minimum Gasteiger partial charge on any atom is -0.0882 e. The van der Waals surface area contributed by atoms with Gasteiger partial charge in [0.15, 0.2) is 0 Å². The van der Waals surface area contributed by atoms with Crippen LogP contribution in [0.3, 0.4) is 0 Å². The van der Waals surface area contributed by atoms with Crippen molar-refractivity contribution in [2.24, 2.45) is 17.8 Å². The van der Waals surface area contributed by atoms with Gasteiger partial charge < -0.3 is 0 Å². The summed E-state index contributed by atoms with van der Waals surface area (Å²) in [5, 5.41) is 0. The van der Waals surface area contributed by atoms with Crippen LogP contribution in [0.4, 0.5) is 0 Å². The van der Waals surface area contributed by atoms with Crippen LogP contribution in [-0.2, 0) is 0 Å². The van der Waals surface area contributed by atoms with E-state index in [0.717, 1.165) is 17.8 Å². The van der Waals surface area contributed by atoms with Gasteiger partial charge in [0, 0.05) is 0 Å². The fourth-order valence-corrected chi connectivity index (χ4v) is 2.48. The molecule has 66 valence electrons. The van der Waals surface area contributed by atoms with Crippen LogP contribution in [0.25, 0.3) is 0 Å². The third-order valence-corrected chi connectivity index (χ3v) is 3.17. The van der Waals surface area contributed by atoms with Crippen LogP contribution in [0, 0.1) is 17.8 Å². The molecule has 0 spiro atoms. The Hall–Kier alpha value is -0.520. The Balaban J connectivity index is 1.87. The van der Waals surface area contributed by atoms with E-state index in [2.05, 4.69) is 31.2 Å². The lowest BCUT2D eigenvalue weighted by atomic mass is 9.93. The first kappa shape index (κ1) is 8.10. The van der Waals surface area contributed by atoms with Crippen molar-refractivity contribution in [1.82, 2.24) is 0 Å². The first-order chi connectivity index (χ1) is 5.90. The average molecular weight is 162 g/mol. The Bertz CT molecular complexity index is 200. The van der Waals surface area contributed by atoms with Gasteiger partial charge in [0.2, 0.25) is 0 Å². The Labute approximate surface area is 75.4 Å². The molecule has 0 saturated heterocycles. The molecule has 2 aliphatic carbocycles.